The van der Waals surface area contributed by atoms with Gasteiger partial charge in [-0.05, 0) is 26.7 Å². The van der Waals surface area contributed by atoms with Crippen LogP contribution in [0, 0.1) is 5.92 Å². The number of carbonyl (C=O) groups is 3. The summed E-state index contributed by atoms with van der Waals surface area (Å²) < 4.78 is 0. The summed E-state index contributed by atoms with van der Waals surface area (Å²) >= 11 is 0. The number of nitrogens with two attached hydrogens (primary N) is 1. The quantitative estimate of drug-likeness (QED) is 0.631. The van der Waals surface area contributed by atoms with Crippen molar-refractivity contribution in [2.45, 2.75) is 45.7 Å². The Hall–Kier alpha value is -1.34. The maximum Gasteiger partial charge on any atom is 0.325 e. The van der Waals surface area contributed by atoms with Crippen LogP contribution in [0.25, 0.3) is 0 Å². The van der Waals surface area contributed by atoms with Crippen LogP contribution in [0.2, 0.25) is 0 Å². The second kappa shape index (κ2) is 6.62. The Morgan fingerprint density at radius 2 is 1.95 bits per heavy atom. The zero-order valence-electron chi connectivity index (χ0n) is 13.1. The van der Waals surface area contributed by atoms with E-state index in [4.69, 9.17) is 5.73 Å². The zero-order chi connectivity index (χ0) is 15.7. The second-order valence-corrected chi connectivity index (χ2v) is 6.23. The summed E-state index contributed by atoms with van der Waals surface area (Å²) in [6.07, 6.45) is 0. The van der Waals surface area contributed by atoms with Gasteiger partial charge in [0, 0.05) is 6.54 Å². The van der Waals surface area contributed by atoms with Gasteiger partial charge in [-0.3, -0.25) is 14.9 Å². The van der Waals surface area contributed by atoms with E-state index in [9.17, 15) is 14.4 Å². The van der Waals surface area contributed by atoms with Crippen molar-refractivity contribution >= 4 is 30.3 Å². The summed E-state index contributed by atoms with van der Waals surface area (Å²) in [5.74, 6) is -0.580. The van der Waals surface area contributed by atoms with E-state index in [2.05, 4.69) is 10.6 Å². The largest absolute Gasteiger partial charge is 0.348 e. The van der Waals surface area contributed by atoms with Gasteiger partial charge in [0.1, 0.15) is 12.1 Å². The molecule has 0 aliphatic carbocycles. The number of hydrogen-bond acceptors (Lipinski definition) is 4. The predicted molar refractivity (Wildman–Crippen MR) is 82.0 cm³/mol. The smallest absolute Gasteiger partial charge is 0.325 e. The third kappa shape index (κ3) is 3.85. The molecule has 1 unspecified atom stereocenters. The third-order valence-electron chi connectivity index (χ3n) is 4.12. The molecule has 0 bridgehead atoms. The number of carbonyl (C=O) groups excluding carboxylic acids is 3. The van der Waals surface area contributed by atoms with E-state index in [1.54, 1.807) is 13.8 Å². The lowest BCUT2D eigenvalue weighted by Gasteiger charge is -2.35. The van der Waals surface area contributed by atoms with E-state index in [0.717, 1.165) is 0 Å². The SMILES string of the molecule is CC(C)C(C)(CN)NC(=O)CN1C(=O)NC(=O)C1(C)C.Cl. The molecule has 8 heteroatoms. The first kappa shape index (κ1) is 19.7. The molecule has 21 heavy (non-hydrogen) atoms. The fraction of sp³-hybridized carbons (Fsp3) is 0.769. The molecule has 1 rings (SSSR count). The Kier molecular flexibility index (Phi) is 6.19. The Balaban J connectivity index is 0.00000400. The van der Waals surface area contributed by atoms with E-state index < -0.39 is 23.0 Å². The number of nitrogens with zero attached hydrogens (tertiary/aromatic N) is 1. The van der Waals surface area contributed by atoms with E-state index >= 15 is 0 Å². The first-order valence-electron chi connectivity index (χ1n) is 6.68. The number of imide groups is 1. The first-order valence-corrected chi connectivity index (χ1v) is 6.68. The van der Waals surface area contributed by atoms with Gasteiger partial charge < -0.3 is 16.0 Å². The molecule has 1 heterocycles. The highest BCUT2D eigenvalue weighted by molar-refractivity contribution is 6.07. The Morgan fingerprint density at radius 3 is 2.29 bits per heavy atom. The van der Waals surface area contributed by atoms with Crippen molar-refractivity contribution in [3.05, 3.63) is 0 Å². The topological polar surface area (TPSA) is 105 Å². The van der Waals surface area contributed by atoms with Gasteiger partial charge in [0.05, 0.1) is 5.54 Å². The predicted octanol–water partition coefficient (Wildman–Crippen LogP) is 0.228. The maximum absolute atomic E-state index is 12.1. The van der Waals surface area contributed by atoms with Gasteiger partial charge in [0.15, 0.2) is 0 Å². The average molecular weight is 321 g/mol. The molecule has 0 saturated carbocycles. The van der Waals surface area contributed by atoms with Gasteiger partial charge in [-0.1, -0.05) is 13.8 Å². The summed E-state index contributed by atoms with van der Waals surface area (Å²) in [6, 6.07) is -0.547. The van der Waals surface area contributed by atoms with Crippen LogP contribution in [0.15, 0.2) is 0 Å². The summed E-state index contributed by atoms with van der Waals surface area (Å²) in [6.45, 7) is 9.11. The molecular formula is C13H25ClN4O3. The van der Waals surface area contributed by atoms with Crippen LogP contribution in [0.1, 0.15) is 34.6 Å². The van der Waals surface area contributed by atoms with Crippen LogP contribution < -0.4 is 16.4 Å². The highest BCUT2D eigenvalue weighted by atomic mass is 35.5. The lowest BCUT2D eigenvalue weighted by atomic mass is 9.88. The zero-order valence-corrected chi connectivity index (χ0v) is 14.0. The van der Waals surface area contributed by atoms with Gasteiger partial charge in [0.2, 0.25) is 5.91 Å². The lowest BCUT2D eigenvalue weighted by Crippen LogP contribution is -2.58. The van der Waals surface area contributed by atoms with E-state index in [0.29, 0.717) is 6.54 Å². The van der Waals surface area contributed by atoms with E-state index in [-0.39, 0.29) is 30.8 Å². The molecule has 1 aliphatic heterocycles. The normalized spacial score (nSPS) is 19.9. The minimum Gasteiger partial charge on any atom is -0.348 e. The van der Waals surface area contributed by atoms with Gasteiger partial charge in [-0.25, -0.2) is 4.79 Å². The van der Waals surface area contributed by atoms with E-state index in [1.165, 1.54) is 4.90 Å². The Labute approximate surface area is 131 Å². The molecule has 0 aromatic carbocycles. The van der Waals surface area contributed by atoms with Crippen LogP contribution in [0.3, 0.4) is 0 Å². The Morgan fingerprint density at radius 1 is 1.43 bits per heavy atom. The van der Waals surface area contributed by atoms with E-state index in [1.807, 2.05) is 20.8 Å². The summed E-state index contributed by atoms with van der Waals surface area (Å²) in [5, 5.41) is 5.05. The molecule has 1 atom stereocenters. The molecule has 1 aliphatic rings. The highest BCUT2D eigenvalue weighted by Crippen LogP contribution is 2.21. The molecule has 0 aromatic heterocycles. The minimum atomic E-state index is -1.02. The minimum absolute atomic E-state index is 0. The van der Waals surface area contributed by atoms with Crippen LogP contribution in [-0.2, 0) is 9.59 Å². The van der Waals surface area contributed by atoms with Gasteiger partial charge in [0.25, 0.3) is 5.91 Å². The molecule has 122 valence electrons. The van der Waals surface area contributed by atoms with Crippen molar-refractivity contribution < 1.29 is 14.4 Å². The monoisotopic (exact) mass is 320 g/mol. The first-order chi connectivity index (χ1) is 9.04. The number of rotatable bonds is 5. The molecule has 1 fully saturated rings. The molecular weight excluding hydrogens is 296 g/mol. The summed E-state index contributed by atoms with van der Waals surface area (Å²) in [7, 11) is 0. The fourth-order valence-electron chi connectivity index (χ4n) is 1.90. The van der Waals surface area contributed by atoms with Crippen LogP contribution in [0.5, 0.6) is 0 Å². The average Bonchev–Trinajstić information content (AvgIpc) is 2.51. The van der Waals surface area contributed by atoms with Crippen LogP contribution in [-0.4, -0.2) is 46.9 Å². The van der Waals surface area contributed by atoms with Crippen molar-refractivity contribution in [1.29, 1.82) is 0 Å². The Bertz CT molecular complexity index is 439. The van der Waals surface area contributed by atoms with Gasteiger partial charge in [-0.2, -0.15) is 0 Å². The van der Waals surface area contributed by atoms with Crippen molar-refractivity contribution in [2.24, 2.45) is 11.7 Å². The summed E-state index contributed by atoms with van der Waals surface area (Å²) in [5.41, 5.74) is 4.14. The van der Waals surface area contributed by atoms with Crippen LogP contribution >= 0.6 is 12.4 Å². The molecule has 7 nitrogen and oxygen atoms in total. The summed E-state index contributed by atoms with van der Waals surface area (Å²) in [4.78, 5) is 36.7. The standard InChI is InChI=1S/C13H24N4O3.ClH/c1-8(2)13(5,7-14)16-9(18)6-17-11(20)15-10(19)12(17,3)4;/h8H,6-7,14H2,1-5H3,(H,16,18)(H,15,19,20);1H. The molecule has 4 amide bonds. The second-order valence-electron chi connectivity index (χ2n) is 6.23. The van der Waals surface area contributed by atoms with Crippen molar-refractivity contribution in [2.75, 3.05) is 13.1 Å². The van der Waals surface area contributed by atoms with Crippen LogP contribution in [0.4, 0.5) is 4.79 Å². The number of nitrogens with one attached hydrogen (secondary N) is 2. The highest BCUT2D eigenvalue weighted by Gasteiger charge is 2.46. The fourth-order valence-corrected chi connectivity index (χ4v) is 1.90. The molecule has 0 radical (unpaired) electrons. The third-order valence-corrected chi connectivity index (χ3v) is 4.12. The van der Waals surface area contributed by atoms with Gasteiger partial charge in [-0.15, -0.1) is 12.4 Å². The molecule has 0 spiro atoms. The maximum atomic E-state index is 12.1. The lowest BCUT2D eigenvalue weighted by molar-refractivity contribution is -0.128. The van der Waals surface area contributed by atoms with Crippen molar-refractivity contribution in [3.63, 3.8) is 0 Å². The molecule has 4 N–H and O–H groups in total. The van der Waals surface area contributed by atoms with Crippen molar-refractivity contribution in [3.8, 4) is 0 Å². The number of hydrogen-bond donors (Lipinski definition) is 3. The van der Waals surface area contributed by atoms with Gasteiger partial charge >= 0.3 is 6.03 Å². The number of halogens is 1. The molecule has 1 saturated heterocycles. The number of urea groups is 1. The molecule has 0 aromatic rings. The van der Waals surface area contributed by atoms with Crippen molar-refractivity contribution in [1.82, 2.24) is 15.5 Å². The number of amides is 4.